The molecule has 0 saturated carbocycles. The number of anilines is 1. The Balaban J connectivity index is 1.96. The van der Waals surface area contributed by atoms with Gasteiger partial charge in [-0.2, -0.15) is 0 Å². The van der Waals surface area contributed by atoms with Crippen LogP contribution >= 0.6 is 0 Å². The van der Waals surface area contributed by atoms with E-state index in [0.29, 0.717) is 17.8 Å². The third kappa shape index (κ3) is 1.98. The third-order valence-electron chi connectivity index (χ3n) is 4.20. The highest BCUT2D eigenvalue weighted by Gasteiger charge is 2.36. The van der Waals surface area contributed by atoms with E-state index in [0.717, 1.165) is 24.2 Å². The SMILES string of the molecule is Cn1nc(N2C[C@@H]3CCCN[C@@H]3C2)c(=O)n(C)c1=O. The second-order valence-electron chi connectivity index (χ2n) is 5.46. The lowest BCUT2D eigenvalue weighted by Crippen LogP contribution is -2.43. The average Bonchev–Trinajstić information content (AvgIpc) is 2.84. The molecule has 1 N–H and O–H groups in total. The summed E-state index contributed by atoms with van der Waals surface area (Å²) in [6.45, 7) is 2.69. The predicted octanol–water partition coefficient (Wildman–Crippen LogP) is -1.33. The molecule has 0 aliphatic carbocycles. The average molecular weight is 265 g/mol. The first-order chi connectivity index (χ1) is 9.08. The van der Waals surface area contributed by atoms with Crippen molar-refractivity contribution in [3.05, 3.63) is 20.8 Å². The Morgan fingerprint density at radius 2 is 2.05 bits per heavy atom. The van der Waals surface area contributed by atoms with Crippen LogP contribution in [0.25, 0.3) is 0 Å². The summed E-state index contributed by atoms with van der Waals surface area (Å²) in [4.78, 5) is 25.8. The maximum Gasteiger partial charge on any atom is 0.346 e. The number of hydrogen-bond acceptors (Lipinski definition) is 5. The molecule has 0 radical (unpaired) electrons. The second kappa shape index (κ2) is 4.48. The van der Waals surface area contributed by atoms with Gasteiger partial charge in [-0.1, -0.05) is 0 Å². The van der Waals surface area contributed by atoms with Gasteiger partial charge < -0.3 is 10.2 Å². The van der Waals surface area contributed by atoms with E-state index in [2.05, 4.69) is 10.4 Å². The van der Waals surface area contributed by atoms with Crippen molar-refractivity contribution >= 4 is 5.82 Å². The van der Waals surface area contributed by atoms with E-state index < -0.39 is 0 Å². The Labute approximate surface area is 110 Å². The molecule has 2 aliphatic rings. The van der Waals surface area contributed by atoms with Crippen LogP contribution in [0.4, 0.5) is 5.82 Å². The van der Waals surface area contributed by atoms with Crippen LogP contribution in [0.15, 0.2) is 9.59 Å². The summed E-state index contributed by atoms with van der Waals surface area (Å²) in [6.07, 6.45) is 2.38. The highest BCUT2D eigenvalue weighted by atomic mass is 16.2. The highest BCUT2D eigenvalue weighted by Crippen LogP contribution is 2.26. The van der Waals surface area contributed by atoms with Crippen molar-refractivity contribution in [2.24, 2.45) is 20.0 Å². The second-order valence-corrected chi connectivity index (χ2v) is 5.46. The van der Waals surface area contributed by atoms with Gasteiger partial charge in [-0.05, 0) is 25.3 Å². The fraction of sp³-hybridized carbons (Fsp3) is 0.750. The van der Waals surface area contributed by atoms with Crippen LogP contribution in [0, 0.1) is 5.92 Å². The van der Waals surface area contributed by atoms with E-state index in [1.54, 1.807) is 7.05 Å². The zero-order valence-corrected chi connectivity index (χ0v) is 11.3. The molecule has 2 saturated heterocycles. The molecule has 1 aromatic rings. The fourth-order valence-corrected chi connectivity index (χ4v) is 3.10. The van der Waals surface area contributed by atoms with E-state index in [1.165, 1.54) is 24.6 Å². The standard InChI is InChI=1S/C12H19N5O2/c1-15-11(18)10(14-16(2)12(15)19)17-6-8-4-3-5-13-9(8)7-17/h8-9,13H,3-7H2,1-2H3/t8-,9+/m0/s1. The topological polar surface area (TPSA) is 72.2 Å². The van der Waals surface area contributed by atoms with E-state index in [9.17, 15) is 9.59 Å². The maximum absolute atomic E-state index is 12.2. The normalized spacial score (nSPS) is 26.5. The molecular formula is C12H19N5O2. The van der Waals surface area contributed by atoms with Crippen LogP contribution in [-0.4, -0.2) is 40.0 Å². The molecule has 104 valence electrons. The molecule has 7 nitrogen and oxygen atoms in total. The van der Waals surface area contributed by atoms with Crippen molar-refractivity contribution in [3.8, 4) is 0 Å². The molecule has 2 fully saturated rings. The summed E-state index contributed by atoms with van der Waals surface area (Å²) >= 11 is 0. The molecule has 2 aliphatic heterocycles. The van der Waals surface area contributed by atoms with Crippen LogP contribution in [0.1, 0.15) is 12.8 Å². The van der Waals surface area contributed by atoms with Crippen LogP contribution in [0.2, 0.25) is 0 Å². The number of nitrogens with one attached hydrogen (secondary N) is 1. The van der Waals surface area contributed by atoms with E-state index in [-0.39, 0.29) is 11.2 Å². The van der Waals surface area contributed by atoms with Crippen molar-refractivity contribution in [1.29, 1.82) is 0 Å². The van der Waals surface area contributed by atoms with Crippen molar-refractivity contribution in [2.45, 2.75) is 18.9 Å². The number of hydrogen-bond donors (Lipinski definition) is 1. The third-order valence-corrected chi connectivity index (χ3v) is 4.20. The lowest BCUT2D eigenvalue weighted by Gasteiger charge is -2.24. The molecule has 7 heteroatoms. The summed E-state index contributed by atoms with van der Waals surface area (Å²) in [6, 6.07) is 0.442. The zero-order valence-electron chi connectivity index (χ0n) is 11.3. The largest absolute Gasteiger partial charge is 0.349 e. The van der Waals surface area contributed by atoms with Gasteiger partial charge in [0.05, 0.1) is 0 Å². The Kier molecular flexibility index (Phi) is 2.93. The molecular weight excluding hydrogens is 246 g/mol. The lowest BCUT2D eigenvalue weighted by molar-refractivity contribution is 0.340. The molecule has 0 aromatic carbocycles. The molecule has 3 rings (SSSR count). The first kappa shape index (κ1) is 12.4. The van der Waals surface area contributed by atoms with E-state index in [4.69, 9.17) is 0 Å². The van der Waals surface area contributed by atoms with Crippen LogP contribution < -0.4 is 21.5 Å². The molecule has 0 spiro atoms. The number of piperidine rings is 1. The first-order valence-corrected chi connectivity index (χ1v) is 6.70. The molecule has 19 heavy (non-hydrogen) atoms. The van der Waals surface area contributed by atoms with Gasteiger partial charge in [-0.3, -0.25) is 9.36 Å². The summed E-state index contributed by atoms with van der Waals surface area (Å²) in [5.41, 5.74) is -0.690. The molecule has 3 heterocycles. The van der Waals surface area contributed by atoms with Crippen LogP contribution in [-0.2, 0) is 14.1 Å². The Morgan fingerprint density at radius 3 is 2.79 bits per heavy atom. The number of nitrogens with zero attached hydrogens (tertiary/aromatic N) is 4. The van der Waals surface area contributed by atoms with Crippen LogP contribution in [0.3, 0.4) is 0 Å². The Morgan fingerprint density at radius 1 is 1.26 bits per heavy atom. The number of rotatable bonds is 1. The van der Waals surface area contributed by atoms with Gasteiger partial charge in [-0.25, -0.2) is 9.48 Å². The van der Waals surface area contributed by atoms with Gasteiger partial charge in [0.25, 0.3) is 5.56 Å². The molecule has 0 amide bonds. The summed E-state index contributed by atoms with van der Waals surface area (Å²) < 4.78 is 2.35. The van der Waals surface area contributed by atoms with Gasteiger partial charge >= 0.3 is 5.69 Å². The molecule has 0 bridgehead atoms. The maximum atomic E-state index is 12.2. The quantitative estimate of drug-likeness (QED) is 0.681. The Hall–Kier alpha value is -1.63. The summed E-state index contributed by atoms with van der Waals surface area (Å²) in [5.74, 6) is 0.971. The highest BCUT2D eigenvalue weighted by molar-refractivity contribution is 5.37. The summed E-state index contributed by atoms with van der Waals surface area (Å²) in [7, 11) is 3.07. The smallest absolute Gasteiger partial charge is 0.346 e. The zero-order chi connectivity index (χ0) is 13.6. The molecule has 1 aromatic heterocycles. The van der Waals surface area contributed by atoms with E-state index in [1.807, 2.05) is 4.90 Å². The lowest BCUT2D eigenvalue weighted by atomic mass is 9.94. The Bertz CT molecular complexity index is 591. The van der Waals surface area contributed by atoms with Crippen LogP contribution in [0.5, 0.6) is 0 Å². The van der Waals surface area contributed by atoms with Gasteiger partial charge in [-0.15, -0.1) is 5.10 Å². The van der Waals surface area contributed by atoms with Crippen molar-refractivity contribution in [3.63, 3.8) is 0 Å². The summed E-state index contributed by atoms with van der Waals surface area (Å²) in [5, 5.41) is 7.64. The monoisotopic (exact) mass is 265 g/mol. The van der Waals surface area contributed by atoms with Crippen molar-refractivity contribution in [2.75, 3.05) is 24.5 Å². The van der Waals surface area contributed by atoms with E-state index >= 15 is 0 Å². The first-order valence-electron chi connectivity index (χ1n) is 6.70. The van der Waals surface area contributed by atoms with Crippen molar-refractivity contribution in [1.82, 2.24) is 19.7 Å². The minimum Gasteiger partial charge on any atom is -0.349 e. The number of aryl methyl sites for hydroxylation is 1. The predicted molar refractivity (Wildman–Crippen MR) is 71.4 cm³/mol. The van der Waals surface area contributed by atoms with Gasteiger partial charge in [0, 0.05) is 33.2 Å². The molecule has 0 unspecified atom stereocenters. The minimum absolute atomic E-state index is 0.304. The van der Waals surface area contributed by atoms with Crippen molar-refractivity contribution < 1.29 is 0 Å². The minimum atomic E-state index is -0.386. The number of aromatic nitrogens is 3. The fourth-order valence-electron chi connectivity index (χ4n) is 3.10. The number of fused-ring (bicyclic) bond motifs is 1. The van der Waals surface area contributed by atoms with Gasteiger partial charge in [0.1, 0.15) is 0 Å². The van der Waals surface area contributed by atoms with Gasteiger partial charge in [0.2, 0.25) is 5.82 Å². The van der Waals surface area contributed by atoms with Gasteiger partial charge in [0.15, 0.2) is 0 Å². The molecule has 2 atom stereocenters.